The lowest BCUT2D eigenvalue weighted by atomic mass is 9.86. The van der Waals surface area contributed by atoms with Gasteiger partial charge in [-0.25, -0.2) is 0 Å². The van der Waals surface area contributed by atoms with Crippen LogP contribution in [-0.4, -0.2) is 41.8 Å². The maximum atomic E-state index is 4.33. The molecule has 1 aliphatic rings. The number of nitrogens with one attached hydrogen (secondary N) is 1. The zero-order chi connectivity index (χ0) is 16.1. The summed E-state index contributed by atoms with van der Waals surface area (Å²) in [5, 5.41) is 14.3. The molecule has 5 heteroatoms. The summed E-state index contributed by atoms with van der Waals surface area (Å²) < 4.78 is 0. The highest BCUT2D eigenvalue weighted by molar-refractivity contribution is 7.15. The van der Waals surface area contributed by atoms with Gasteiger partial charge >= 0.3 is 0 Å². The molecular weight excluding hydrogens is 304 g/mol. The van der Waals surface area contributed by atoms with Gasteiger partial charge in [0.2, 0.25) is 5.13 Å². The smallest absolute Gasteiger partial charge is 0.205 e. The van der Waals surface area contributed by atoms with Crippen molar-refractivity contribution in [2.45, 2.75) is 38.1 Å². The summed E-state index contributed by atoms with van der Waals surface area (Å²) in [5.41, 5.74) is 1.29. The van der Waals surface area contributed by atoms with E-state index in [-0.39, 0.29) is 0 Å². The highest BCUT2D eigenvalue weighted by atomic mass is 32.1. The third-order valence-corrected chi connectivity index (χ3v) is 5.32. The first-order chi connectivity index (χ1) is 11.2. The number of anilines is 1. The molecule has 1 aromatic heterocycles. The van der Waals surface area contributed by atoms with Crippen LogP contribution >= 0.6 is 11.3 Å². The average molecular weight is 331 g/mol. The van der Waals surface area contributed by atoms with Gasteiger partial charge in [-0.05, 0) is 51.3 Å². The van der Waals surface area contributed by atoms with Crippen molar-refractivity contribution >= 4 is 16.5 Å². The van der Waals surface area contributed by atoms with Crippen LogP contribution in [-0.2, 0) is 6.42 Å². The molecule has 0 radical (unpaired) electrons. The normalized spacial score (nSPS) is 21.5. The fourth-order valence-electron chi connectivity index (χ4n) is 3.33. The van der Waals surface area contributed by atoms with Crippen molar-refractivity contribution in [2.24, 2.45) is 5.92 Å². The maximum Gasteiger partial charge on any atom is 0.205 e. The van der Waals surface area contributed by atoms with Crippen molar-refractivity contribution in [2.75, 3.05) is 26.0 Å². The Hall–Kier alpha value is -1.46. The number of nitrogens with zero attached hydrogens (tertiary/aromatic N) is 3. The Kier molecular flexibility index (Phi) is 5.62. The minimum absolute atomic E-state index is 0.561. The predicted molar refractivity (Wildman–Crippen MR) is 97.1 cm³/mol. The van der Waals surface area contributed by atoms with Crippen LogP contribution in [0.2, 0.25) is 0 Å². The number of hydrogen-bond donors (Lipinski definition) is 1. The Morgan fingerprint density at radius 3 is 2.52 bits per heavy atom. The van der Waals surface area contributed by atoms with Gasteiger partial charge in [-0.15, -0.1) is 10.2 Å². The second-order valence-electron chi connectivity index (χ2n) is 6.79. The van der Waals surface area contributed by atoms with Crippen LogP contribution in [0.4, 0.5) is 5.13 Å². The molecule has 3 rings (SSSR count). The molecule has 0 atom stereocenters. The molecule has 4 nitrogen and oxygen atoms in total. The summed E-state index contributed by atoms with van der Waals surface area (Å²) in [6.45, 7) is 1.22. The molecule has 124 valence electrons. The number of hydrogen-bond acceptors (Lipinski definition) is 5. The molecule has 0 unspecified atom stereocenters. The predicted octanol–water partition coefficient (Wildman–Crippen LogP) is 3.66. The van der Waals surface area contributed by atoms with E-state index in [1.807, 2.05) is 6.07 Å². The number of rotatable bonds is 6. The van der Waals surface area contributed by atoms with Gasteiger partial charge in [-0.3, -0.25) is 0 Å². The Bertz CT molecular complexity index is 588. The highest BCUT2D eigenvalue weighted by Gasteiger charge is 2.22. The van der Waals surface area contributed by atoms with E-state index in [9.17, 15) is 0 Å². The lowest BCUT2D eigenvalue weighted by molar-refractivity contribution is 0.255. The third kappa shape index (κ3) is 5.01. The van der Waals surface area contributed by atoms with Crippen molar-refractivity contribution in [1.29, 1.82) is 0 Å². The third-order valence-electron chi connectivity index (χ3n) is 4.46. The Labute approximate surface area is 142 Å². The molecule has 1 fully saturated rings. The summed E-state index contributed by atoms with van der Waals surface area (Å²) in [7, 11) is 4.33. The maximum absolute atomic E-state index is 4.33. The lowest BCUT2D eigenvalue weighted by Crippen LogP contribution is -2.30. The zero-order valence-electron chi connectivity index (χ0n) is 14.0. The van der Waals surface area contributed by atoms with Gasteiger partial charge in [0, 0.05) is 19.0 Å². The molecule has 1 heterocycles. The molecule has 1 saturated carbocycles. The van der Waals surface area contributed by atoms with Gasteiger partial charge in [0.25, 0.3) is 0 Å². The second-order valence-corrected chi connectivity index (χ2v) is 7.85. The molecule has 1 N–H and O–H groups in total. The highest BCUT2D eigenvalue weighted by Crippen LogP contribution is 2.28. The van der Waals surface area contributed by atoms with E-state index in [0.717, 1.165) is 22.5 Å². The molecule has 0 bridgehead atoms. The SMILES string of the molecule is CN(C)CC1CCC(Nc2nnc(Cc3ccccc3)s2)CC1. The first-order valence-corrected chi connectivity index (χ1v) is 9.28. The average Bonchev–Trinajstić information content (AvgIpc) is 2.97. The van der Waals surface area contributed by atoms with Gasteiger partial charge < -0.3 is 10.2 Å². The first-order valence-electron chi connectivity index (χ1n) is 8.46. The van der Waals surface area contributed by atoms with Crippen molar-refractivity contribution in [3.63, 3.8) is 0 Å². The fourth-order valence-corrected chi connectivity index (χ4v) is 4.19. The number of benzene rings is 1. The summed E-state index contributed by atoms with van der Waals surface area (Å²) in [4.78, 5) is 2.30. The topological polar surface area (TPSA) is 41.0 Å². The van der Waals surface area contributed by atoms with Crippen molar-refractivity contribution < 1.29 is 0 Å². The molecule has 1 aromatic carbocycles. The molecule has 23 heavy (non-hydrogen) atoms. The molecule has 0 spiro atoms. The first kappa shape index (κ1) is 16.4. The minimum atomic E-state index is 0.561. The number of aromatic nitrogens is 2. The van der Waals surface area contributed by atoms with E-state index in [0.29, 0.717) is 6.04 Å². The molecule has 0 amide bonds. The molecular formula is C18H26N4S. The van der Waals surface area contributed by atoms with E-state index >= 15 is 0 Å². The molecule has 2 aromatic rings. The van der Waals surface area contributed by atoms with Crippen LogP contribution in [0.25, 0.3) is 0 Å². The van der Waals surface area contributed by atoms with Crippen LogP contribution in [0.1, 0.15) is 36.3 Å². The van der Waals surface area contributed by atoms with Crippen LogP contribution in [0.3, 0.4) is 0 Å². The minimum Gasteiger partial charge on any atom is -0.357 e. The van der Waals surface area contributed by atoms with Crippen LogP contribution in [0, 0.1) is 5.92 Å². The summed E-state index contributed by atoms with van der Waals surface area (Å²) in [6, 6.07) is 11.0. The largest absolute Gasteiger partial charge is 0.357 e. The van der Waals surface area contributed by atoms with E-state index in [1.54, 1.807) is 11.3 Å². The van der Waals surface area contributed by atoms with Gasteiger partial charge in [0.05, 0.1) is 0 Å². The molecule has 0 saturated heterocycles. The zero-order valence-corrected chi connectivity index (χ0v) is 14.9. The Morgan fingerprint density at radius 2 is 1.83 bits per heavy atom. The van der Waals surface area contributed by atoms with E-state index in [4.69, 9.17) is 0 Å². The van der Waals surface area contributed by atoms with E-state index in [1.165, 1.54) is 37.8 Å². The van der Waals surface area contributed by atoms with Crippen LogP contribution in [0.5, 0.6) is 0 Å². The van der Waals surface area contributed by atoms with E-state index in [2.05, 4.69) is 58.8 Å². The van der Waals surface area contributed by atoms with E-state index < -0.39 is 0 Å². The van der Waals surface area contributed by atoms with Crippen molar-refractivity contribution in [3.8, 4) is 0 Å². The lowest BCUT2D eigenvalue weighted by Gasteiger charge is -2.30. The summed E-state index contributed by atoms with van der Waals surface area (Å²) in [5.74, 6) is 0.853. The van der Waals surface area contributed by atoms with Crippen LogP contribution in [0.15, 0.2) is 30.3 Å². The van der Waals surface area contributed by atoms with Crippen molar-refractivity contribution in [1.82, 2.24) is 15.1 Å². The van der Waals surface area contributed by atoms with Gasteiger partial charge in [-0.2, -0.15) is 0 Å². The van der Waals surface area contributed by atoms with Gasteiger partial charge in [0.1, 0.15) is 5.01 Å². The Balaban J connectivity index is 1.48. The summed E-state index contributed by atoms with van der Waals surface area (Å²) >= 11 is 1.69. The van der Waals surface area contributed by atoms with Crippen LogP contribution < -0.4 is 5.32 Å². The fraction of sp³-hybridized carbons (Fsp3) is 0.556. The quantitative estimate of drug-likeness (QED) is 0.877. The van der Waals surface area contributed by atoms with Gasteiger partial charge in [-0.1, -0.05) is 41.7 Å². The summed E-state index contributed by atoms with van der Waals surface area (Å²) in [6.07, 6.45) is 5.98. The Morgan fingerprint density at radius 1 is 1.09 bits per heavy atom. The monoisotopic (exact) mass is 330 g/mol. The second kappa shape index (κ2) is 7.88. The molecule has 1 aliphatic carbocycles. The van der Waals surface area contributed by atoms with Gasteiger partial charge in [0.15, 0.2) is 0 Å². The standard InChI is InChI=1S/C18H26N4S/c1-22(2)13-15-8-10-16(11-9-15)19-18-21-20-17(23-18)12-14-6-4-3-5-7-14/h3-7,15-16H,8-13H2,1-2H3,(H,19,21). The van der Waals surface area contributed by atoms with Crippen molar-refractivity contribution in [3.05, 3.63) is 40.9 Å². The molecule has 0 aliphatic heterocycles.